The van der Waals surface area contributed by atoms with Crippen LogP contribution in [0.2, 0.25) is 0 Å². The predicted octanol–water partition coefficient (Wildman–Crippen LogP) is 4.34. The van der Waals surface area contributed by atoms with E-state index in [0.29, 0.717) is 12.0 Å². The number of aromatic nitrogens is 3. The van der Waals surface area contributed by atoms with Gasteiger partial charge in [0.1, 0.15) is 11.3 Å². The molecule has 0 fully saturated rings. The quantitative estimate of drug-likeness (QED) is 0.770. The van der Waals surface area contributed by atoms with Crippen LogP contribution in [0.3, 0.4) is 0 Å². The Hall–Kier alpha value is -1.09. The highest BCUT2D eigenvalue weighted by molar-refractivity contribution is 6.20. The van der Waals surface area contributed by atoms with Crippen LogP contribution in [0.4, 0.5) is 0 Å². The van der Waals surface area contributed by atoms with Crippen LogP contribution < -0.4 is 0 Å². The third kappa shape index (κ3) is 2.51. The molecule has 2 rings (SSSR count). The van der Waals surface area contributed by atoms with Gasteiger partial charge >= 0.3 is 0 Å². The molecule has 0 aliphatic rings. The first-order valence-electron chi connectivity index (χ1n) is 6.47. The summed E-state index contributed by atoms with van der Waals surface area (Å²) in [6.07, 6.45) is 2.91. The number of fused-ring (bicyclic) bond motifs is 1. The van der Waals surface area contributed by atoms with Gasteiger partial charge in [-0.2, -0.15) is 0 Å². The summed E-state index contributed by atoms with van der Waals surface area (Å²) in [5.41, 5.74) is 1.86. The zero-order valence-corrected chi connectivity index (χ0v) is 12.1. The predicted molar refractivity (Wildman–Crippen MR) is 76.0 cm³/mol. The minimum absolute atomic E-state index is 0.103. The van der Waals surface area contributed by atoms with E-state index in [1.165, 1.54) is 0 Å². The Morgan fingerprint density at radius 2 is 2.00 bits per heavy atom. The molecule has 0 N–H and O–H groups in total. The molecular formula is C14H20ClN3. The van der Waals surface area contributed by atoms with Crippen molar-refractivity contribution in [3.05, 3.63) is 24.2 Å². The van der Waals surface area contributed by atoms with Gasteiger partial charge < -0.3 is 4.57 Å². The fourth-order valence-electron chi connectivity index (χ4n) is 2.45. The van der Waals surface area contributed by atoms with Gasteiger partial charge in [0.2, 0.25) is 0 Å². The molecule has 0 aliphatic heterocycles. The Morgan fingerprint density at radius 3 is 2.61 bits per heavy atom. The first-order chi connectivity index (χ1) is 8.50. The lowest BCUT2D eigenvalue weighted by atomic mass is 10.0. The van der Waals surface area contributed by atoms with Gasteiger partial charge in [0.25, 0.3) is 0 Å². The summed E-state index contributed by atoms with van der Waals surface area (Å²) >= 11 is 6.25. The van der Waals surface area contributed by atoms with E-state index in [9.17, 15) is 0 Å². The lowest BCUT2D eigenvalue weighted by Crippen LogP contribution is -2.12. The van der Waals surface area contributed by atoms with Crippen molar-refractivity contribution in [2.75, 3.05) is 0 Å². The molecule has 98 valence electrons. The van der Waals surface area contributed by atoms with Crippen LogP contribution in [0.25, 0.3) is 11.2 Å². The van der Waals surface area contributed by atoms with Crippen LogP contribution in [0.1, 0.15) is 51.4 Å². The highest BCUT2D eigenvalue weighted by atomic mass is 35.5. The molecule has 0 amide bonds. The van der Waals surface area contributed by atoms with E-state index < -0.39 is 0 Å². The smallest absolute Gasteiger partial charge is 0.160 e. The van der Waals surface area contributed by atoms with Crippen molar-refractivity contribution in [2.24, 2.45) is 5.92 Å². The van der Waals surface area contributed by atoms with Crippen LogP contribution in [0.5, 0.6) is 0 Å². The average molecular weight is 266 g/mol. The summed E-state index contributed by atoms with van der Waals surface area (Å²) in [5.74, 6) is 1.55. The van der Waals surface area contributed by atoms with Gasteiger partial charge in [0.15, 0.2) is 5.65 Å². The molecule has 4 heteroatoms. The van der Waals surface area contributed by atoms with E-state index in [-0.39, 0.29) is 5.38 Å². The van der Waals surface area contributed by atoms with Gasteiger partial charge in [-0.1, -0.05) is 13.8 Å². The average Bonchev–Trinajstić information content (AvgIpc) is 2.67. The molecule has 2 heterocycles. The molecule has 0 saturated heterocycles. The Bertz CT molecular complexity index is 531. The number of alkyl halides is 1. The third-order valence-corrected chi connectivity index (χ3v) is 3.28. The van der Waals surface area contributed by atoms with Gasteiger partial charge in [-0.05, 0) is 38.3 Å². The largest absolute Gasteiger partial charge is 0.309 e. The zero-order valence-electron chi connectivity index (χ0n) is 11.4. The van der Waals surface area contributed by atoms with Crippen molar-refractivity contribution in [1.82, 2.24) is 14.5 Å². The molecular weight excluding hydrogens is 246 g/mol. The SMILES string of the molecule is CC(C)CC(C)n1c(C(C)Cl)nc2cccnc21. The summed E-state index contributed by atoms with van der Waals surface area (Å²) in [5, 5.41) is -0.103. The van der Waals surface area contributed by atoms with E-state index in [1.807, 2.05) is 25.3 Å². The summed E-state index contributed by atoms with van der Waals surface area (Å²) < 4.78 is 2.19. The first kappa shape index (κ1) is 13.3. The van der Waals surface area contributed by atoms with Gasteiger partial charge in [-0.25, -0.2) is 9.97 Å². The summed E-state index contributed by atoms with van der Waals surface area (Å²) in [4.78, 5) is 9.06. The van der Waals surface area contributed by atoms with Crippen LogP contribution >= 0.6 is 11.6 Å². The normalized spacial score (nSPS) is 15.2. The number of nitrogens with zero attached hydrogens (tertiary/aromatic N) is 3. The van der Waals surface area contributed by atoms with Gasteiger partial charge in [-0.15, -0.1) is 11.6 Å². The second kappa shape index (κ2) is 5.27. The zero-order chi connectivity index (χ0) is 13.3. The minimum Gasteiger partial charge on any atom is -0.309 e. The fourth-order valence-corrected chi connectivity index (χ4v) is 2.60. The Balaban J connectivity index is 2.54. The van der Waals surface area contributed by atoms with E-state index in [1.54, 1.807) is 0 Å². The van der Waals surface area contributed by atoms with Crippen LogP contribution in [0.15, 0.2) is 18.3 Å². The molecule has 2 aromatic rings. The van der Waals surface area contributed by atoms with Gasteiger partial charge in [0.05, 0.1) is 5.38 Å². The lowest BCUT2D eigenvalue weighted by molar-refractivity contribution is 0.424. The second-order valence-electron chi connectivity index (χ2n) is 5.28. The van der Waals surface area contributed by atoms with E-state index in [2.05, 4.69) is 35.3 Å². The van der Waals surface area contributed by atoms with Crippen LogP contribution in [-0.4, -0.2) is 14.5 Å². The molecule has 18 heavy (non-hydrogen) atoms. The maximum atomic E-state index is 6.25. The topological polar surface area (TPSA) is 30.7 Å². The Morgan fingerprint density at radius 1 is 1.28 bits per heavy atom. The van der Waals surface area contributed by atoms with E-state index in [4.69, 9.17) is 11.6 Å². The summed E-state index contributed by atoms with van der Waals surface area (Å²) in [6, 6.07) is 4.26. The maximum absolute atomic E-state index is 6.25. The molecule has 0 aromatic carbocycles. The van der Waals surface area contributed by atoms with E-state index in [0.717, 1.165) is 23.4 Å². The first-order valence-corrected chi connectivity index (χ1v) is 6.91. The Labute approximate surface area is 113 Å². The molecule has 3 nitrogen and oxygen atoms in total. The fraction of sp³-hybridized carbons (Fsp3) is 0.571. The van der Waals surface area contributed by atoms with E-state index >= 15 is 0 Å². The van der Waals surface area contributed by atoms with Crippen molar-refractivity contribution in [1.29, 1.82) is 0 Å². The highest BCUT2D eigenvalue weighted by Crippen LogP contribution is 2.29. The number of hydrogen-bond donors (Lipinski definition) is 0. The van der Waals surface area contributed by atoms with Crippen molar-refractivity contribution < 1.29 is 0 Å². The van der Waals surface area contributed by atoms with Crippen LogP contribution in [-0.2, 0) is 0 Å². The highest BCUT2D eigenvalue weighted by Gasteiger charge is 2.20. The minimum atomic E-state index is -0.103. The standard InChI is InChI=1S/C14H20ClN3/c1-9(2)8-10(3)18-13(11(4)15)17-12-6-5-7-16-14(12)18/h5-7,9-11H,8H2,1-4H3. The van der Waals surface area contributed by atoms with Crippen molar-refractivity contribution in [3.63, 3.8) is 0 Å². The molecule has 2 atom stereocenters. The molecule has 0 aliphatic carbocycles. The summed E-state index contributed by atoms with van der Waals surface area (Å²) in [7, 11) is 0. The number of halogens is 1. The number of imidazole rings is 1. The van der Waals surface area contributed by atoms with Gasteiger partial charge in [0, 0.05) is 12.2 Å². The van der Waals surface area contributed by atoms with Crippen molar-refractivity contribution in [3.8, 4) is 0 Å². The van der Waals surface area contributed by atoms with Crippen molar-refractivity contribution >= 4 is 22.8 Å². The monoisotopic (exact) mass is 265 g/mol. The van der Waals surface area contributed by atoms with Crippen molar-refractivity contribution in [2.45, 2.75) is 45.5 Å². The number of rotatable bonds is 4. The van der Waals surface area contributed by atoms with Crippen LogP contribution in [0, 0.1) is 5.92 Å². The molecule has 0 bridgehead atoms. The third-order valence-electron chi connectivity index (χ3n) is 3.09. The lowest BCUT2D eigenvalue weighted by Gasteiger charge is -2.19. The number of hydrogen-bond acceptors (Lipinski definition) is 2. The maximum Gasteiger partial charge on any atom is 0.160 e. The molecule has 0 spiro atoms. The molecule has 2 aromatic heterocycles. The number of pyridine rings is 1. The van der Waals surface area contributed by atoms with Gasteiger partial charge in [-0.3, -0.25) is 0 Å². The Kier molecular flexibility index (Phi) is 3.91. The molecule has 0 saturated carbocycles. The second-order valence-corrected chi connectivity index (χ2v) is 5.94. The molecule has 2 unspecified atom stereocenters. The molecule has 0 radical (unpaired) electrons. The summed E-state index contributed by atoms with van der Waals surface area (Å²) in [6.45, 7) is 8.62.